The highest BCUT2D eigenvalue weighted by Gasteiger charge is 2.47. The molecule has 0 spiro atoms. The van der Waals surface area contributed by atoms with Crippen molar-refractivity contribution >= 4 is 23.4 Å². The first-order chi connectivity index (χ1) is 13.0. The van der Waals surface area contributed by atoms with Crippen LogP contribution in [0.15, 0.2) is 24.4 Å². The summed E-state index contributed by atoms with van der Waals surface area (Å²) < 4.78 is 7.32. The molecule has 0 unspecified atom stereocenters. The topological polar surface area (TPSA) is 79.7 Å². The van der Waals surface area contributed by atoms with Crippen molar-refractivity contribution in [3.63, 3.8) is 0 Å². The normalized spacial score (nSPS) is 22.5. The first kappa shape index (κ1) is 16.2. The maximum atomic E-state index is 12.3. The third kappa shape index (κ3) is 2.55. The van der Waals surface area contributed by atoms with Crippen molar-refractivity contribution in [2.45, 2.75) is 38.6 Å². The van der Waals surface area contributed by atoms with Crippen LogP contribution < -0.4 is 15.1 Å². The Kier molecular flexibility index (Phi) is 3.43. The molecule has 4 heterocycles. The number of nitrogens with zero attached hydrogens (tertiary/aromatic N) is 4. The van der Waals surface area contributed by atoms with Gasteiger partial charge in [-0.1, -0.05) is 0 Å². The maximum Gasteiger partial charge on any atom is 0.415 e. The van der Waals surface area contributed by atoms with Gasteiger partial charge in [0.1, 0.15) is 6.10 Å². The van der Waals surface area contributed by atoms with Crippen LogP contribution in [0.2, 0.25) is 0 Å². The molecule has 5 rings (SSSR count). The predicted octanol–water partition coefficient (Wildman–Crippen LogP) is 1.33. The zero-order chi connectivity index (χ0) is 18.7. The number of carbonyl (C=O) groups excluding carboxylic acids is 2. The predicted molar refractivity (Wildman–Crippen MR) is 98.5 cm³/mol. The number of aryl methyl sites for hydroxylation is 1. The number of hydrogen-bond donors (Lipinski definition) is 1. The fourth-order valence-electron chi connectivity index (χ4n) is 4.35. The van der Waals surface area contributed by atoms with E-state index in [0.717, 1.165) is 42.1 Å². The van der Waals surface area contributed by atoms with Crippen LogP contribution in [0, 0.1) is 0 Å². The highest BCUT2D eigenvalue weighted by atomic mass is 16.6. The van der Waals surface area contributed by atoms with E-state index in [0.29, 0.717) is 6.54 Å². The summed E-state index contributed by atoms with van der Waals surface area (Å²) in [6, 6.07) is 6.17. The molecule has 1 fully saturated rings. The summed E-state index contributed by atoms with van der Waals surface area (Å²) in [7, 11) is 1.95. The molecule has 8 nitrogen and oxygen atoms in total. The van der Waals surface area contributed by atoms with Gasteiger partial charge in [0.2, 0.25) is 5.91 Å². The molecule has 140 valence electrons. The third-order valence-corrected chi connectivity index (χ3v) is 5.57. The van der Waals surface area contributed by atoms with Crippen LogP contribution >= 0.6 is 0 Å². The van der Waals surface area contributed by atoms with Crippen molar-refractivity contribution in [2.75, 3.05) is 16.3 Å². The molecular formula is C19H21N5O3. The molecule has 0 aliphatic carbocycles. The van der Waals surface area contributed by atoms with Gasteiger partial charge in [0, 0.05) is 38.0 Å². The number of carbonyl (C=O) groups is 2. The summed E-state index contributed by atoms with van der Waals surface area (Å²) in [5.74, 6) is -0.121. The Bertz CT molecular complexity index is 929. The van der Waals surface area contributed by atoms with E-state index in [-0.39, 0.29) is 24.1 Å². The molecule has 0 bridgehead atoms. The molecule has 0 radical (unpaired) electrons. The van der Waals surface area contributed by atoms with Gasteiger partial charge >= 0.3 is 6.09 Å². The molecule has 1 aromatic carbocycles. The quantitative estimate of drug-likeness (QED) is 0.885. The summed E-state index contributed by atoms with van der Waals surface area (Å²) >= 11 is 0. The van der Waals surface area contributed by atoms with Crippen LogP contribution in [0.3, 0.4) is 0 Å². The number of fused-ring (bicyclic) bond motifs is 4. The van der Waals surface area contributed by atoms with E-state index < -0.39 is 0 Å². The van der Waals surface area contributed by atoms with Crippen LogP contribution in [0.25, 0.3) is 0 Å². The lowest BCUT2D eigenvalue weighted by Gasteiger charge is -2.19. The van der Waals surface area contributed by atoms with Gasteiger partial charge in [0.25, 0.3) is 0 Å². The second kappa shape index (κ2) is 5.73. The van der Waals surface area contributed by atoms with Crippen LogP contribution in [-0.2, 0) is 36.1 Å². The van der Waals surface area contributed by atoms with Crippen molar-refractivity contribution < 1.29 is 14.3 Å². The summed E-state index contributed by atoms with van der Waals surface area (Å²) in [5.41, 5.74) is 5.58. The van der Waals surface area contributed by atoms with E-state index in [9.17, 15) is 9.59 Å². The highest BCUT2D eigenvalue weighted by molar-refractivity contribution is 5.94. The average molecular weight is 367 g/mol. The van der Waals surface area contributed by atoms with Crippen LogP contribution in [0.1, 0.15) is 23.7 Å². The van der Waals surface area contributed by atoms with E-state index in [4.69, 9.17) is 4.74 Å². The molecule has 1 saturated heterocycles. The second-order valence-corrected chi connectivity index (χ2v) is 7.44. The van der Waals surface area contributed by atoms with Crippen LogP contribution in [0.4, 0.5) is 16.2 Å². The molecular weight excluding hydrogens is 346 g/mol. The number of nitrogens with one attached hydrogen (secondary N) is 1. The number of cyclic esters (lactones) is 1. The number of ether oxygens (including phenoxy) is 1. The van der Waals surface area contributed by atoms with Crippen LogP contribution in [0.5, 0.6) is 0 Å². The highest BCUT2D eigenvalue weighted by Crippen LogP contribution is 2.41. The molecule has 3 aliphatic rings. The Hall–Kier alpha value is -3.03. The third-order valence-electron chi connectivity index (χ3n) is 5.57. The Morgan fingerprint density at radius 3 is 2.96 bits per heavy atom. The van der Waals surface area contributed by atoms with E-state index in [2.05, 4.69) is 33.6 Å². The molecule has 2 aromatic rings. The van der Waals surface area contributed by atoms with Crippen molar-refractivity contribution in [1.29, 1.82) is 0 Å². The molecule has 8 heteroatoms. The lowest BCUT2D eigenvalue weighted by Crippen LogP contribution is -2.40. The van der Waals surface area contributed by atoms with Crippen molar-refractivity contribution in [3.05, 3.63) is 41.2 Å². The second-order valence-electron chi connectivity index (χ2n) is 7.44. The van der Waals surface area contributed by atoms with Gasteiger partial charge in [-0.25, -0.2) is 4.79 Å². The smallest absolute Gasteiger partial charge is 0.415 e. The first-order valence-corrected chi connectivity index (χ1v) is 9.13. The summed E-state index contributed by atoms with van der Waals surface area (Å²) in [6.07, 6.45) is 2.15. The zero-order valence-corrected chi connectivity index (χ0v) is 15.3. The van der Waals surface area contributed by atoms with E-state index in [1.165, 1.54) is 12.5 Å². The van der Waals surface area contributed by atoms with Gasteiger partial charge in [-0.15, -0.1) is 0 Å². The largest absolute Gasteiger partial charge is 0.442 e. The van der Waals surface area contributed by atoms with Gasteiger partial charge in [-0.3, -0.25) is 14.4 Å². The minimum absolute atomic E-state index is 0.0618. The number of amides is 2. The standard InChI is InChI=1S/C19H21N5O3/c1-11(25)20-7-18-17-6-12-5-14(3-4-16(12)24(17)19(26)27-18)23-9-13-8-22(2)21-15(13)10-23/h3-5,8,17-18H,6-7,9-10H2,1-2H3,(H,20,25)/t17-,18-/m0/s1. The number of rotatable bonds is 3. The van der Waals surface area contributed by atoms with Gasteiger partial charge < -0.3 is 15.0 Å². The Labute approximate surface area is 156 Å². The Morgan fingerprint density at radius 1 is 1.33 bits per heavy atom. The summed E-state index contributed by atoms with van der Waals surface area (Å²) in [4.78, 5) is 27.6. The van der Waals surface area contributed by atoms with Gasteiger partial charge in [0.15, 0.2) is 0 Å². The molecule has 0 saturated carbocycles. The Morgan fingerprint density at radius 2 is 2.19 bits per heavy atom. The summed E-state index contributed by atoms with van der Waals surface area (Å²) in [5, 5.41) is 7.27. The minimum atomic E-state index is -0.333. The van der Waals surface area contributed by atoms with Gasteiger partial charge in [-0.2, -0.15) is 5.10 Å². The van der Waals surface area contributed by atoms with Gasteiger partial charge in [0.05, 0.1) is 30.5 Å². The summed E-state index contributed by atoms with van der Waals surface area (Å²) in [6.45, 7) is 3.46. The monoisotopic (exact) mass is 367 g/mol. The van der Waals surface area contributed by atoms with Crippen molar-refractivity contribution in [1.82, 2.24) is 15.1 Å². The van der Waals surface area contributed by atoms with Crippen LogP contribution in [-0.4, -0.2) is 40.5 Å². The number of hydrogen-bond acceptors (Lipinski definition) is 5. The fourth-order valence-corrected chi connectivity index (χ4v) is 4.35. The maximum absolute atomic E-state index is 12.3. The molecule has 1 aromatic heterocycles. The van der Waals surface area contributed by atoms with E-state index in [1.54, 1.807) is 4.90 Å². The van der Waals surface area contributed by atoms with Crippen molar-refractivity contribution in [2.24, 2.45) is 7.05 Å². The average Bonchev–Trinajstić information content (AvgIpc) is 3.32. The fraction of sp³-hybridized carbons (Fsp3) is 0.421. The van der Waals surface area contributed by atoms with Gasteiger partial charge in [-0.05, 0) is 30.2 Å². The minimum Gasteiger partial charge on any atom is -0.442 e. The lowest BCUT2D eigenvalue weighted by molar-refractivity contribution is -0.119. The Balaban J connectivity index is 1.37. The SMILES string of the molecule is CC(=O)NC[C@@H]1OC(=O)N2c3ccc(N4Cc5cn(C)nc5C4)cc3C[C@@H]12. The van der Waals surface area contributed by atoms with E-state index >= 15 is 0 Å². The first-order valence-electron chi connectivity index (χ1n) is 9.13. The molecule has 3 aliphatic heterocycles. The number of anilines is 2. The molecule has 2 amide bonds. The number of benzene rings is 1. The molecule has 27 heavy (non-hydrogen) atoms. The molecule has 1 N–H and O–H groups in total. The number of aromatic nitrogens is 2. The lowest BCUT2D eigenvalue weighted by atomic mass is 10.0. The van der Waals surface area contributed by atoms with Crippen molar-refractivity contribution in [3.8, 4) is 0 Å². The molecule has 2 atom stereocenters. The van der Waals surface area contributed by atoms with E-state index in [1.807, 2.05) is 17.8 Å². The zero-order valence-electron chi connectivity index (χ0n) is 15.3.